The average Bonchev–Trinajstić information content (AvgIpc) is 2.55. The monoisotopic (exact) mass is 261 g/mol. The van der Waals surface area contributed by atoms with Crippen LogP contribution in [-0.2, 0) is 0 Å². The van der Waals surface area contributed by atoms with Gasteiger partial charge in [-0.3, -0.25) is 0 Å². The van der Waals surface area contributed by atoms with Gasteiger partial charge in [0, 0.05) is 17.5 Å². The molecule has 1 heterocycles. The Hall–Kier alpha value is -1.90. The predicted octanol–water partition coefficient (Wildman–Crippen LogP) is 4.80. The van der Waals surface area contributed by atoms with Gasteiger partial charge in [0.2, 0.25) is 0 Å². The molecule has 19 heavy (non-hydrogen) atoms. The van der Waals surface area contributed by atoms with Crippen molar-refractivity contribution in [2.45, 2.75) is 27.7 Å². The Labute approximate surface area is 112 Å². The molecule has 0 aliphatic heterocycles. The van der Waals surface area contributed by atoms with Crippen molar-refractivity contribution in [2.24, 2.45) is 0 Å². The molecule has 0 bridgehead atoms. The molecule has 0 spiro atoms. The van der Waals surface area contributed by atoms with E-state index in [9.17, 15) is 8.78 Å². The minimum absolute atomic E-state index is 0.379. The van der Waals surface area contributed by atoms with E-state index in [1.54, 1.807) is 0 Å². The minimum Gasteiger partial charge on any atom is -0.315 e. The lowest BCUT2D eigenvalue weighted by atomic mass is 10.2. The number of nitrogens with zero attached hydrogens (tertiary/aromatic N) is 1. The van der Waals surface area contributed by atoms with E-state index in [4.69, 9.17) is 0 Å². The third-order valence-corrected chi connectivity index (χ3v) is 3.07. The van der Waals surface area contributed by atoms with Crippen LogP contribution in [0, 0.1) is 25.5 Å². The Balaban J connectivity index is 2.63. The van der Waals surface area contributed by atoms with Gasteiger partial charge in [0.05, 0.1) is 5.69 Å². The molecule has 0 fully saturated rings. The smallest absolute Gasteiger partial charge is 0.150 e. The first-order valence-electron chi connectivity index (χ1n) is 6.19. The Bertz CT molecular complexity index is 647. The molecule has 0 radical (unpaired) electrons. The molecule has 0 N–H and O–H groups in total. The van der Waals surface area contributed by atoms with Gasteiger partial charge in [-0.2, -0.15) is 0 Å². The summed E-state index contributed by atoms with van der Waals surface area (Å²) in [5.41, 5.74) is 4.49. The molecule has 3 heteroatoms. The van der Waals surface area contributed by atoms with E-state index in [1.165, 1.54) is 17.7 Å². The molecule has 2 aromatic rings. The summed E-state index contributed by atoms with van der Waals surface area (Å²) in [6.07, 6.45) is 2.06. The summed E-state index contributed by atoms with van der Waals surface area (Å²) in [5, 5.41) is 0. The highest BCUT2D eigenvalue weighted by atomic mass is 19.1. The SMILES string of the molecule is CC(C)=Cc1cc(C)n(-c2ccc(F)cc2F)c1C. The fourth-order valence-electron chi connectivity index (χ4n) is 2.28. The minimum atomic E-state index is -0.562. The van der Waals surface area contributed by atoms with Crippen molar-refractivity contribution in [3.8, 4) is 5.69 Å². The zero-order chi connectivity index (χ0) is 14.2. The standard InChI is InChI=1S/C16H17F2N/c1-10(2)7-13-8-11(3)19(12(13)4)16-6-5-14(17)9-15(16)18/h5-9H,1-4H3. The van der Waals surface area contributed by atoms with E-state index < -0.39 is 11.6 Å². The van der Waals surface area contributed by atoms with Crippen LogP contribution in [0.5, 0.6) is 0 Å². The van der Waals surface area contributed by atoms with Crippen LogP contribution >= 0.6 is 0 Å². The maximum Gasteiger partial charge on any atom is 0.150 e. The van der Waals surface area contributed by atoms with E-state index in [0.29, 0.717) is 5.69 Å². The van der Waals surface area contributed by atoms with Crippen molar-refractivity contribution < 1.29 is 8.78 Å². The Morgan fingerprint density at radius 2 is 1.79 bits per heavy atom. The summed E-state index contributed by atoms with van der Waals surface area (Å²) in [6.45, 7) is 7.89. The molecule has 0 aliphatic rings. The molecule has 0 aliphatic carbocycles. The van der Waals surface area contributed by atoms with E-state index in [0.717, 1.165) is 23.0 Å². The van der Waals surface area contributed by atoms with Gasteiger partial charge in [-0.05, 0) is 51.5 Å². The van der Waals surface area contributed by atoms with Gasteiger partial charge in [-0.1, -0.05) is 11.6 Å². The molecule has 100 valence electrons. The second-order valence-corrected chi connectivity index (χ2v) is 4.98. The van der Waals surface area contributed by atoms with E-state index >= 15 is 0 Å². The fraction of sp³-hybridized carbons (Fsp3) is 0.250. The molecule has 1 aromatic carbocycles. The van der Waals surface area contributed by atoms with Crippen LogP contribution in [0.2, 0.25) is 0 Å². The van der Waals surface area contributed by atoms with Gasteiger partial charge in [0.25, 0.3) is 0 Å². The first-order chi connectivity index (χ1) is 8.90. The van der Waals surface area contributed by atoms with Crippen LogP contribution in [0.3, 0.4) is 0 Å². The maximum absolute atomic E-state index is 13.9. The first-order valence-corrected chi connectivity index (χ1v) is 6.19. The number of rotatable bonds is 2. The van der Waals surface area contributed by atoms with Crippen molar-refractivity contribution in [1.82, 2.24) is 4.57 Å². The molecule has 1 nitrogen and oxygen atoms in total. The number of halogens is 2. The second-order valence-electron chi connectivity index (χ2n) is 4.98. The van der Waals surface area contributed by atoms with Gasteiger partial charge < -0.3 is 4.57 Å². The largest absolute Gasteiger partial charge is 0.315 e. The molecule has 0 saturated carbocycles. The van der Waals surface area contributed by atoms with Crippen molar-refractivity contribution in [2.75, 3.05) is 0 Å². The summed E-state index contributed by atoms with van der Waals surface area (Å²) in [6, 6.07) is 5.66. The normalized spacial score (nSPS) is 10.6. The van der Waals surface area contributed by atoms with Crippen LogP contribution in [0.1, 0.15) is 30.8 Å². The molecule has 2 rings (SSSR count). The van der Waals surface area contributed by atoms with E-state index in [1.807, 2.05) is 38.3 Å². The number of aryl methyl sites for hydroxylation is 1. The number of aromatic nitrogens is 1. The number of benzene rings is 1. The van der Waals surface area contributed by atoms with Crippen LogP contribution < -0.4 is 0 Å². The highest BCUT2D eigenvalue weighted by Gasteiger charge is 2.13. The van der Waals surface area contributed by atoms with Gasteiger partial charge in [0.15, 0.2) is 0 Å². The van der Waals surface area contributed by atoms with Gasteiger partial charge in [-0.15, -0.1) is 0 Å². The van der Waals surface area contributed by atoms with Crippen molar-refractivity contribution >= 4 is 6.08 Å². The molecular weight excluding hydrogens is 244 g/mol. The summed E-state index contributed by atoms with van der Waals surface area (Å²) in [7, 11) is 0. The quantitative estimate of drug-likeness (QED) is 0.732. The van der Waals surface area contributed by atoms with E-state index in [-0.39, 0.29) is 0 Å². The van der Waals surface area contributed by atoms with Gasteiger partial charge in [0.1, 0.15) is 11.6 Å². The molecule has 0 amide bonds. The molecular formula is C16H17F2N. The first kappa shape index (κ1) is 13.5. The highest BCUT2D eigenvalue weighted by Crippen LogP contribution is 2.24. The summed E-state index contributed by atoms with van der Waals surface area (Å²) >= 11 is 0. The Morgan fingerprint density at radius 3 is 2.37 bits per heavy atom. The summed E-state index contributed by atoms with van der Waals surface area (Å²) in [5.74, 6) is -1.11. The fourth-order valence-corrected chi connectivity index (χ4v) is 2.28. The second kappa shape index (κ2) is 5.00. The Kier molecular flexibility index (Phi) is 3.56. The maximum atomic E-state index is 13.9. The molecule has 0 unspecified atom stereocenters. The zero-order valence-corrected chi connectivity index (χ0v) is 11.6. The third kappa shape index (κ3) is 2.60. The topological polar surface area (TPSA) is 4.93 Å². The lowest BCUT2D eigenvalue weighted by Crippen LogP contribution is -2.02. The van der Waals surface area contributed by atoms with E-state index in [2.05, 4.69) is 6.08 Å². The van der Waals surface area contributed by atoms with Crippen LogP contribution in [0.25, 0.3) is 11.8 Å². The van der Waals surface area contributed by atoms with Gasteiger partial charge >= 0.3 is 0 Å². The van der Waals surface area contributed by atoms with Crippen molar-refractivity contribution in [1.29, 1.82) is 0 Å². The van der Waals surface area contributed by atoms with Crippen LogP contribution in [0.15, 0.2) is 29.8 Å². The lowest BCUT2D eigenvalue weighted by Gasteiger charge is -2.10. The van der Waals surface area contributed by atoms with Crippen LogP contribution in [-0.4, -0.2) is 4.57 Å². The predicted molar refractivity (Wildman–Crippen MR) is 74.5 cm³/mol. The van der Waals surface area contributed by atoms with Gasteiger partial charge in [-0.25, -0.2) is 8.78 Å². The summed E-state index contributed by atoms with van der Waals surface area (Å²) in [4.78, 5) is 0. The number of allylic oxidation sites excluding steroid dienone is 1. The van der Waals surface area contributed by atoms with Crippen molar-refractivity contribution in [3.05, 3.63) is 58.4 Å². The highest BCUT2D eigenvalue weighted by molar-refractivity contribution is 5.58. The van der Waals surface area contributed by atoms with Crippen LogP contribution in [0.4, 0.5) is 8.78 Å². The average molecular weight is 261 g/mol. The van der Waals surface area contributed by atoms with Crippen molar-refractivity contribution in [3.63, 3.8) is 0 Å². The Morgan fingerprint density at radius 1 is 1.11 bits per heavy atom. The number of hydrogen-bond donors (Lipinski definition) is 0. The number of hydrogen-bond acceptors (Lipinski definition) is 0. The summed E-state index contributed by atoms with van der Waals surface area (Å²) < 4.78 is 28.7. The molecule has 0 saturated heterocycles. The zero-order valence-electron chi connectivity index (χ0n) is 11.6. The third-order valence-electron chi connectivity index (χ3n) is 3.07. The molecule has 0 atom stereocenters. The molecule has 1 aromatic heterocycles. The lowest BCUT2D eigenvalue weighted by molar-refractivity contribution is 0.576.